The first-order valence-corrected chi connectivity index (χ1v) is 7.93. The van der Waals surface area contributed by atoms with E-state index in [0.717, 1.165) is 25.7 Å². The lowest BCUT2D eigenvalue weighted by atomic mass is 10.0. The van der Waals surface area contributed by atoms with Crippen molar-refractivity contribution in [2.75, 3.05) is 19.5 Å². The molecule has 1 aliphatic rings. The van der Waals surface area contributed by atoms with Gasteiger partial charge >= 0.3 is 0 Å². The summed E-state index contributed by atoms with van der Waals surface area (Å²) >= 11 is 0. The summed E-state index contributed by atoms with van der Waals surface area (Å²) in [4.78, 5) is 0. The van der Waals surface area contributed by atoms with Gasteiger partial charge in [-0.2, -0.15) is 5.26 Å². The van der Waals surface area contributed by atoms with Crippen molar-refractivity contribution in [3.63, 3.8) is 0 Å². The van der Waals surface area contributed by atoms with Crippen molar-refractivity contribution in [1.82, 2.24) is 0 Å². The van der Waals surface area contributed by atoms with Gasteiger partial charge in [0, 0.05) is 13.7 Å². The van der Waals surface area contributed by atoms with Gasteiger partial charge in [0.05, 0.1) is 23.0 Å². The molecule has 2 unspecified atom stereocenters. The number of sulfone groups is 1. The second-order valence-electron chi connectivity index (χ2n) is 4.63. The Morgan fingerprint density at radius 1 is 1.29 bits per heavy atom. The lowest BCUT2D eigenvalue weighted by Gasteiger charge is -2.19. The summed E-state index contributed by atoms with van der Waals surface area (Å²) in [7, 11) is -1.58. The zero-order chi connectivity index (χ0) is 12.7. The molecule has 0 heterocycles. The summed E-state index contributed by atoms with van der Waals surface area (Å²) < 4.78 is 29.2. The lowest BCUT2D eigenvalue weighted by molar-refractivity contribution is 0.199. The smallest absolute Gasteiger partial charge is 0.154 e. The molecule has 0 aromatic heterocycles. The third-order valence-corrected chi connectivity index (χ3v) is 5.70. The van der Waals surface area contributed by atoms with E-state index < -0.39 is 15.1 Å². The first-order chi connectivity index (χ1) is 8.11. The molecular weight excluding hydrogens is 238 g/mol. The number of ether oxygens (including phenoxy) is 1. The van der Waals surface area contributed by atoms with Gasteiger partial charge in [0.2, 0.25) is 0 Å². The van der Waals surface area contributed by atoms with Crippen LogP contribution in [0.1, 0.15) is 38.5 Å². The van der Waals surface area contributed by atoms with Gasteiger partial charge in [0.25, 0.3) is 0 Å². The van der Waals surface area contributed by atoms with E-state index >= 15 is 0 Å². The van der Waals surface area contributed by atoms with Gasteiger partial charge in [0.1, 0.15) is 0 Å². The van der Waals surface area contributed by atoms with Crippen LogP contribution in [0, 0.1) is 17.2 Å². The Hall–Kier alpha value is -0.600. The predicted octanol–water partition coefficient (Wildman–Crippen LogP) is 1.91. The molecule has 0 bridgehead atoms. The van der Waals surface area contributed by atoms with Gasteiger partial charge in [-0.15, -0.1) is 0 Å². The van der Waals surface area contributed by atoms with E-state index in [1.807, 2.05) is 0 Å². The highest BCUT2D eigenvalue weighted by molar-refractivity contribution is 7.92. The minimum Gasteiger partial charge on any atom is -0.385 e. The molecule has 0 radical (unpaired) electrons. The largest absolute Gasteiger partial charge is 0.385 e. The number of rotatable bonds is 5. The van der Waals surface area contributed by atoms with E-state index in [1.54, 1.807) is 7.11 Å². The van der Waals surface area contributed by atoms with E-state index in [1.165, 1.54) is 0 Å². The Morgan fingerprint density at radius 3 is 2.65 bits per heavy atom. The summed E-state index contributed by atoms with van der Waals surface area (Å²) in [6.07, 6.45) is 4.84. The van der Waals surface area contributed by atoms with Crippen LogP contribution in [-0.2, 0) is 14.6 Å². The van der Waals surface area contributed by atoms with Gasteiger partial charge in [-0.25, -0.2) is 8.42 Å². The Bertz CT molecular complexity index is 358. The van der Waals surface area contributed by atoms with Crippen LogP contribution in [0.5, 0.6) is 0 Å². The molecule has 1 saturated carbocycles. The summed E-state index contributed by atoms with van der Waals surface area (Å²) in [5.41, 5.74) is 0. The standard InChI is InChI=1S/C12H21NO3S/c1-16-8-5-9-17(14,15)12-7-4-2-3-6-11(12)10-13/h11-12H,2-9H2,1H3. The quantitative estimate of drug-likeness (QED) is 0.558. The topological polar surface area (TPSA) is 67.2 Å². The van der Waals surface area contributed by atoms with E-state index in [4.69, 9.17) is 10.00 Å². The predicted molar refractivity (Wildman–Crippen MR) is 66.3 cm³/mol. The summed E-state index contributed by atoms with van der Waals surface area (Å²) in [6, 6.07) is 2.18. The zero-order valence-electron chi connectivity index (χ0n) is 10.4. The Kier molecular flexibility index (Phi) is 5.93. The number of nitrogens with zero attached hydrogens (tertiary/aromatic N) is 1. The van der Waals surface area contributed by atoms with Gasteiger partial charge in [0.15, 0.2) is 9.84 Å². The first kappa shape index (κ1) is 14.5. The van der Waals surface area contributed by atoms with Crippen molar-refractivity contribution < 1.29 is 13.2 Å². The molecule has 1 aliphatic carbocycles. The van der Waals surface area contributed by atoms with Gasteiger partial charge in [-0.05, 0) is 19.3 Å². The highest BCUT2D eigenvalue weighted by Crippen LogP contribution is 2.28. The molecule has 17 heavy (non-hydrogen) atoms. The fourth-order valence-corrected chi connectivity index (χ4v) is 4.45. The van der Waals surface area contributed by atoms with Crippen LogP contribution < -0.4 is 0 Å². The second kappa shape index (κ2) is 6.97. The molecule has 0 aromatic carbocycles. The Labute approximate surface area is 104 Å². The molecule has 0 N–H and O–H groups in total. The minimum atomic E-state index is -3.14. The van der Waals surface area contributed by atoms with Crippen LogP contribution in [-0.4, -0.2) is 33.1 Å². The van der Waals surface area contributed by atoms with E-state index in [0.29, 0.717) is 19.4 Å². The molecule has 4 nitrogen and oxygen atoms in total. The number of hydrogen-bond donors (Lipinski definition) is 0. The van der Waals surface area contributed by atoms with Crippen LogP contribution in [0.25, 0.3) is 0 Å². The summed E-state index contributed by atoms with van der Waals surface area (Å²) in [5.74, 6) is -0.172. The minimum absolute atomic E-state index is 0.143. The molecule has 1 fully saturated rings. The number of nitriles is 1. The van der Waals surface area contributed by atoms with Crippen molar-refractivity contribution in [2.45, 2.75) is 43.8 Å². The molecule has 1 rings (SSSR count). The van der Waals surface area contributed by atoms with Crippen molar-refractivity contribution >= 4 is 9.84 Å². The fraction of sp³-hybridized carbons (Fsp3) is 0.917. The van der Waals surface area contributed by atoms with Gasteiger partial charge < -0.3 is 4.74 Å². The SMILES string of the molecule is COCCCS(=O)(=O)C1CCCCCC1C#N. The molecule has 0 aliphatic heterocycles. The van der Waals surface area contributed by atoms with Crippen molar-refractivity contribution in [3.05, 3.63) is 0 Å². The molecular formula is C12H21NO3S. The number of methoxy groups -OCH3 is 1. The maximum atomic E-state index is 12.2. The maximum absolute atomic E-state index is 12.2. The molecule has 0 amide bonds. The molecule has 2 atom stereocenters. The summed E-state index contributed by atoms with van der Waals surface area (Å²) in [6.45, 7) is 0.461. The van der Waals surface area contributed by atoms with Gasteiger partial charge in [-0.3, -0.25) is 0 Å². The molecule has 98 valence electrons. The van der Waals surface area contributed by atoms with Crippen molar-refractivity contribution in [3.8, 4) is 6.07 Å². The third kappa shape index (κ3) is 4.29. The van der Waals surface area contributed by atoms with E-state index in [-0.39, 0.29) is 11.7 Å². The van der Waals surface area contributed by atoms with E-state index in [2.05, 4.69) is 6.07 Å². The van der Waals surface area contributed by atoms with Crippen LogP contribution >= 0.6 is 0 Å². The zero-order valence-corrected chi connectivity index (χ0v) is 11.2. The van der Waals surface area contributed by atoms with Crippen LogP contribution in [0.15, 0.2) is 0 Å². The maximum Gasteiger partial charge on any atom is 0.154 e. The van der Waals surface area contributed by atoms with Crippen LogP contribution in [0.3, 0.4) is 0 Å². The first-order valence-electron chi connectivity index (χ1n) is 6.22. The molecule has 0 saturated heterocycles. The average Bonchev–Trinajstić information content (AvgIpc) is 2.54. The molecule has 5 heteroatoms. The van der Waals surface area contributed by atoms with Gasteiger partial charge in [-0.1, -0.05) is 19.3 Å². The monoisotopic (exact) mass is 259 g/mol. The second-order valence-corrected chi connectivity index (χ2v) is 6.96. The molecule has 0 aromatic rings. The fourth-order valence-electron chi connectivity index (χ4n) is 2.41. The average molecular weight is 259 g/mol. The van der Waals surface area contributed by atoms with Crippen molar-refractivity contribution in [1.29, 1.82) is 5.26 Å². The highest BCUT2D eigenvalue weighted by atomic mass is 32.2. The Morgan fingerprint density at radius 2 is 2.00 bits per heavy atom. The number of hydrogen-bond acceptors (Lipinski definition) is 4. The lowest BCUT2D eigenvalue weighted by Crippen LogP contribution is -2.30. The normalized spacial score (nSPS) is 26.1. The van der Waals surface area contributed by atoms with Crippen LogP contribution in [0.4, 0.5) is 0 Å². The molecule has 0 spiro atoms. The Balaban J connectivity index is 2.69. The van der Waals surface area contributed by atoms with E-state index in [9.17, 15) is 8.42 Å². The summed E-state index contributed by atoms with van der Waals surface area (Å²) in [5, 5.41) is 8.63. The van der Waals surface area contributed by atoms with Crippen molar-refractivity contribution in [2.24, 2.45) is 5.92 Å². The third-order valence-electron chi connectivity index (χ3n) is 3.36. The highest BCUT2D eigenvalue weighted by Gasteiger charge is 2.33. The van der Waals surface area contributed by atoms with Crippen LogP contribution in [0.2, 0.25) is 0 Å².